The summed E-state index contributed by atoms with van der Waals surface area (Å²) in [5, 5.41) is 9.00. The van der Waals surface area contributed by atoms with Crippen molar-refractivity contribution < 1.29 is 9.84 Å². The molecule has 0 amide bonds. The van der Waals surface area contributed by atoms with Crippen LogP contribution in [0.2, 0.25) is 0 Å². The Morgan fingerprint density at radius 1 is 1.75 bits per heavy atom. The van der Waals surface area contributed by atoms with Gasteiger partial charge < -0.3 is 9.84 Å². The third kappa shape index (κ3) is 1.01. The number of rotatable bonds is 0. The zero-order valence-electron chi connectivity index (χ0n) is 4.87. The van der Waals surface area contributed by atoms with Crippen molar-refractivity contribution in [1.29, 1.82) is 0 Å². The molecule has 0 bridgehead atoms. The van der Waals surface area contributed by atoms with Crippen LogP contribution in [0.25, 0.3) is 0 Å². The molecular weight excluding hydrogens is 104 g/mol. The average molecular weight is 114 g/mol. The molecule has 1 N–H and O–H groups in total. The normalized spacial score (nSPS) is 36.8. The zero-order valence-corrected chi connectivity index (χ0v) is 4.87. The molecule has 0 spiro atoms. The fraction of sp³-hybridized carbons (Fsp3) is 0.667. The Hall–Kier alpha value is -0.500. The molecule has 0 saturated heterocycles. The number of aliphatic hydroxyl groups is 1. The molecule has 0 aromatic heterocycles. The van der Waals surface area contributed by atoms with Crippen LogP contribution in [0.15, 0.2) is 12.3 Å². The Labute approximate surface area is 48.8 Å². The molecule has 0 aliphatic carbocycles. The van der Waals surface area contributed by atoms with Crippen LogP contribution in [0.4, 0.5) is 0 Å². The molecule has 0 unspecified atom stereocenters. The van der Waals surface area contributed by atoms with Gasteiger partial charge in [0.05, 0.1) is 12.4 Å². The van der Waals surface area contributed by atoms with Crippen LogP contribution in [0.1, 0.15) is 13.3 Å². The van der Waals surface area contributed by atoms with Crippen molar-refractivity contribution in [3.05, 3.63) is 12.3 Å². The lowest BCUT2D eigenvalue weighted by Crippen LogP contribution is -2.25. The van der Waals surface area contributed by atoms with E-state index in [1.165, 1.54) is 0 Å². The standard InChI is InChI=1S/C6H10O2/c1-5-6(7)3-2-4-8-5/h2,4-7H,3H2,1H3/t5-,6+/m1/s1. The second kappa shape index (κ2) is 2.18. The van der Waals surface area contributed by atoms with Gasteiger partial charge in [-0.3, -0.25) is 0 Å². The van der Waals surface area contributed by atoms with Gasteiger partial charge in [0.25, 0.3) is 0 Å². The van der Waals surface area contributed by atoms with Gasteiger partial charge in [0.1, 0.15) is 6.10 Å². The lowest BCUT2D eigenvalue weighted by atomic mass is 10.1. The Balaban J connectivity index is 2.44. The predicted molar refractivity (Wildman–Crippen MR) is 30.3 cm³/mol. The van der Waals surface area contributed by atoms with E-state index in [1.807, 2.05) is 13.0 Å². The topological polar surface area (TPSA) is 29.5 Å². The van der Waals surface area contributed by atoms with Gasteiger partial charge in [0.15, 0.2) is 0 Å². The quantitative estimate of drug-likeness (QED) is 0.501. The summed E-state index contributed by atoms with van der Waals surface area (Å²) in [5.74, 6) is 0. The molecule has 0 aromatic rings. The van der Waals surface area contributed by atoms with Crippen LogP contribution < -0.4 is 0 Å². The molecule has 46 valence electrons. The van der Waals surface area contributed by atoms with Crippen molar-refractivity contribution in [3.8, 4) is 0 Å². The van der Waals surface area contributed by atoms with Crippen LogP contribution in [0, 0.1) is 0 Å². The average Bonchev–Trinajstić information content (AvgIpc) is 1.77. The van der Waals surface area contributed by atoms with Crippen molar-refractivity contribution in [3.63, 3.8) is 0 Å². The summed E-state index contributed by atoms with van der Waals surface area (Å²) in [6.07, 6.45) is 3.85. The minimum Gasteiger partial charge on any atom is -0.496 e. The van der Waals surface area contributed by atoms with Crippen LogP contribution in [0.5, 0.6) is 0 Å². The zero-order chi connectivity index (χ0) is 5.98. The van der Waals surface area contributed by atoms with Gasteiger partial charge in [0, 0.05) is 0 Å². The van der Waals surface area contributed by atoms with E-state index in [0.717, 1.165) is 6.42 Å². The highest BCUT2D eigenvalue weighted by molar-refractivity contribution is 4.86. The first-order valence-electron chi connectivity index (χ1n) is 2.79. The Morgan fingerprint density at radius 2 is 2.50 bits per heavy atom. The summed E-state index contributed by atoms with van der Waals surface area (Å²) >= 11 is 0. The minimum atomic E-state index is -0.306. The molecule has 2 nitrogen and oxygen atoms in total. The predicted octanol–water partition coefficient (Wildman–Crippen LogP) is 0.670. The van der Waals surface area contributed by atoms with E-state index in [2.05, 4.69) is 0 Å². The fourth-order valence-electron chi connectivity index (χ4n) is 0.657. The molecule has 1 heterocycles. The number of ether oxygens (including phenoxy) is 1. The molecule has 0 radical (unpaired) electrons. The van der Waals surface area contributed by atoms with Gasteiger partial charge in [-0.15, -0.1) is 0 Å². The molecule has 2 atom stereocenters. The maximum Gasteiger partial charge on any atom is 0.121 e. The summed E-state index contributed by atoms with van der Waals surface area (Å²) in [7, 11) is 0. The third-order valence-corrected chi connectivity index (χ3v) is 1.31. The van der Waals surface area contributed by atoms with Crippen LogP contribution in [-0.2, 0) is 4.74 Å². The smallest absolute Gasteiger partial charge is 0.121 e. The second-order valence-corrected chi connectivity index (χ2v) is 2.02. The lowest BCUT2D eigenvalue weighted by molar-refractivity contribution is 0.0101. The maximum absolute atomic E-state index is 9.00. The maximum atomic E-state index is 9.00. The van der Waals surface area contributed by atoms with Crippen LogP contribution in [-0.4, -0.2) is 17.3 Å². The first-order chi connectivity index (χ1) is 3.80. The molecule has 2 heteroatoms. The Bertz CT molecular complexity index is 86.7. The third-order valence-electron chi connectivity index (χ3n) is 1.31. The molecule has 0 saturated carbocycles. The first kappa shape index (κ1) is 5.63. The number of hydrogen-bond donors (Lipinski definition) is 1. The van der Waals surface area contributed by atoms with E-state index in [-0.39, 0.29) is 12.2 Å². The fourth-order valence-corrected chi connectivity index (χ4v) is 0.657. The van der Waals surface area contributed by atoms with E-state index in [1.54, 1.807) is 6.26 Å². The van der Waals surface area contributed by atoms with Crippen LogP contribution >= 0.6 is 0 Å². The van der Waals surface area contributed by atoms with E-state index in [9.17, 15) is 0 Å². The van der Waals surface area contributed by atoms with Gasteiger partial charge in [-0.05, 0) is 19.4 Å². The van der Waals surface area contributed by atoms with Crippen LogP contribution in [0.3, 0.4) is 0 Å². The van der Waals surface area contributed by atoms with Crippen molar-refractivity contribution in [2.45, 2.75) is 25.6 Å². The Morgan fingerprint density at radius 3 is 2.88 bits per heavy atom. The summed E-state index contributed by atoms with van der Waals surface area (Å²) < 4.78 is 4.96. The van der Waals surface area contributed by atoms with E-state index in [4.69, 9.17) is 9.84 Å². The van der Waals surface area contributed by atoms with Gasteiger partial charge in [-0.1, -0.05) is 0 Å². The molecule has 8 heavy (non-hydrogen) atoms. The number of aliphatic hydroxyl groups excluding tert-OH is 1. The lowest BCUT2D eigenvalue weighted by Gasteiger charge is -2.20. The molecule has 1 rings (SSSR count). The van der Waals surface area contributed by atoms with Gasteiger partial charge >= 0.3 is 0 Å². The SMILES string of the molecule is C[C@H]1OC=CC[C@@H]1O. The summed E-state index contributed by atoms with van der Waals surface area (Å²) in [4.78, 5) is 0. The van der Waals surface area contributed by atoms with Gasteiger partial charge in [0.2, 0.25) is 0 Å². The molecule has 1 aliphatic rings. The van der Waals surface area contributed by atoms with Gasteiger partial charge in [-0.25, -0.2) is 0 Å². The largest absolute Gasteiger partial charge is 0.496 e. The minimum absolute atomic E-state index is 0.0278. The molecule has 0 fully saturated rings. The highest BCUT2D eigenvalue weighted by atomic mass is 16.5. The Kier molecular flexibility index (Phi) is 1.53. The first-order valence-corrected chi connectivity index (χ1v) is 2.79. The summed E-state index contributed by atoms with van der Waals surface area (Å²) in [6.45, 7) is 1.86. The van der Waals surface area contributed by atoms with E-state index >= 15 is 0 Å². The highest BCUT2D eigenvalue weighted by Crippen LogP contribution is 2.09. The number of hydrogen-bond acceptors (Lipinski definition) is 2. The van der Waals surface area contributed by atoms with E-state index in [0.29, 0.717) is 0 Å². The van der Waals surface area contributed by atoms with Crippen molar-refractivity contribution in [1.82, 2.24) is 0 Å². The van der Waals surface area contributed by atoms with Crippen molar-refractivity contribution in [2.24, 2.45) is 0 Å². The van der Waals surface area contributed by atoms with Crippen molar-refractivity contribution >= 4 is 0 Å². The molecule has 0 aromatic carbocycles. The van der Waals surface area contributed by atoms with E-state index < -0.39 is 0 Å². The van der Waals surface area contributed by atoms with Crippen molar-refractivity contribution in [2.75, 3.05) is 0 Å². The highest BCUT2D eigenvalue weighted by Gasteiger charge is 2.14. The molecule has 1 aliphatic heterocycles. The van der Waals surface area contributed by atoms with Gasteiger partial charge in [-0.2, -0.15) is 0 Å². The summed E-state index contributed by atoms with van der Waals surface area (Å²) in [6, 6.07) is 0. The monoisotopic (exact) mass is 114 g/mol. The summed E-state index contributed by atoms with van der Waals surface area (Å²) in [5.41, 5.74) is 0. The molecular formula is C6H10O2. The second-order valence-electron chi connectivity index (χ2n) is 2.02.